The molecule has 0 aliphatic heterocycles. The first kappa shape index (κ1) is 12.3. The molecule has 0 N–H and O–H groups in total. The number of aryl methyl sites for hydroxylation is 1. The number of aromatic nitrogens is 3. The van der Waals surface area contributed by atoms with Crippen LogP contribution in [0, 0.1) is 6.92 Å². The monoisotopic (exact) mass is 291 g/mol. The van der Waals surface area contributed by atoms with E-state index in [-0.39, 0.29) is 9.92 Å². The maximum Gasteiger partial charge on any atom is 0.285 e. The Morgan fingerprint density at radius 1 is 1.24 bits per heavy atom. The number of nitrogens with zero attached hydrogens (tertiary/aromatic N) is 3. The molecule has 2 aromatic rings. The lowest BCUT2D eigenvalue weighted by atomic mass is 10.2. The molecule has 1 aromatic heterocycles. The van der Waals surface area contributed by atoms with Crippen molar-refractivity contribution in [1.29, 1.82) is 0 Å². The second-order valence-corrected chi connectivity index (χ2v) is 5.88. The Hall–Kier alpha value is -1.11. The van der Waals surface area contributed by atoms with Gasteiger partial charge in [-0.2, -0.15) is 8.42 Å². The van der Waals surface area contributed by atoms with Crippen molar-refractivity contribution < 1.29 is 8.42 Å². The maximum atomic E-state index is 12.1. The van der Waals surface area contributed by atoms with Crippen LogP contribution in [0.5, 0.6) is 0 Å². The summed E-state index contributed by atoms with van der Waals surface area (Å²) in [5, 5.41) is 4.05. The van der Waals surface area contributed by atoms with Crippen molar-refractivity contribution in [3.05, 3.63) is 40.4 Å². The molecular formula is C9H7Cl2N3O2S. The lowest BCUT2D eigenvalue weighted by Crippen LogP contribution is -2.14. The normalized spacial score (nSPS) is 11.7. The zero-order chi connectivity index (χ0) is 12.6. The molecule has 1 heterocycles. The standard InChI is InChI=1S/C9H7Cl2N3O2S/c1-6-2-9(8(11)3-7(6)10)17(15,16)14-5-12-4-13-14/h2-5H,1H3. The molecule has 0 radical (unpaired) electrons. The molecule has 2 rings (SSSR count). The molecule has 0 atom stereocenters. The van der Waals surface area contributed by atoms with E-state index in [2.05, 4.69) is 10.1 Å². The molecule has 1 aromatic carbocycles. The van der Waals surface area contributed by atoms with Gasteiger partial charge in [0, 0.05) is 5.02 Å². The van der Waals surface area contributed by atoms with Crippen LogP contribution in [0.15, 0.2) is 29.7 Å². The van der Waals surface area contributed by atoms with Gasteiger partial charge in [-0.15, -0.1) is 9.19 Å². The van der Waals surface area contributed by atoms with Crippen LogP contribution in [0.3, 0.4) is 0 Å². The van der Waals surface area contributed by atoms with Crippen LogP contribution in [0.25, 0.3) is 0 Å². The largest absolute Gasteiger partial charge is 0.285 e. The highest BCUT2D eigenvalue weighted by Crippen LogP contribution is 2.29. The molecule has 90 valence electrons. The summed E-state index contributed by atoms with van der Waals surface area (Å²) in [6, 6.07) is 2.80. The van der Waals surface area contributed by atoms with E-state index in [0.717, 1.165) is 16.7 Å². The van der Waals surface area contributed by atoms with Gasteiger partial charge in [0.15, 0.2) is 0 Å². The van der Waals surface area contributed by atoms with Crippen molar-refractivity contribution in [2.45, 2.75) is 11.8 Å². The first-order valence-corrected chi connectivity index (χ1v) is 6.68. The van der Waals surface area contributed by atoms with Crippen LogP contribution in [0.2, 0.25) is 10.0 Å². The average molecular weight is 292 g/mol. The van der Waals surface area contributed by atoms with Crippen LogP contribution in [-0.4, -0.2) is 22.6 Å². The van der Waals surface area contributed by atoms with Crippen molar-refractivity contribution in [2.75, 3.05) is 0 Å². The lowest BCUT2D eigenvalue weighted by molar-refractivity contribution is 0.580. The summed E-state index contributed by atoms with van der Waals surface area (Å²) in [4.78, 5) is 3.54. The number of hydrogen-bond acceptors (Lipinski definition) is 4. The zero-order valence-corrected chi connectivity index (χ0v) is 11.0. The summed E-state index contributed by atoms with van der Waals surface area (Å²) in [6.45, 7) is 1.69. The van der Waals surface area contributed by atoms with E-state index < -0.39 is 10.0 Å². The summed E-state index contributed by atoms with van der Waals surface area (Å²) in [5.41, 5.74) is 0.620. The van der Waals surface area contributed by atoms with Crippen LogP contribution in [0.1, 0.15) is 5.56 Å². The maximum absolute atomic E-state index is 12.1. The minimum Gasteiger partial charge on any atom is -0.222 e. The smallest absolute Gasteiger partial charge is 0.222 e. The predicted molar refractivity (Wildman–Crippen MR) is 63.8 cm³/mol. The molecule has 5 nitrogen and oxygen atoms in total. The fraction of sp³-hybridized carbons (Fsp3) is 0.111. The quantitative estimate of drug-likeness (QED) is 0.850. The molecule has 0 spiro atoms. The molecule has 17 heavy (non-hydrogen) atoms. The van der Waals surface area contributed by atoms with Crippen LogP contribution < -0.4 is 0 Å². The molecule has 0 fully saturated rings. The Balaban J connectivity index is 2.67. The highest BCUT2D eigenvalue weighted by molar-refractivity contribution is 7.90. The Kier molecular flexibility index (Phi) is 3.11. The first-order valence-electron chi connectivity index (χ1n) is 4.49. The molecule has 0 bridgehead atoms. The Morgan fingerprint density at radius 3 is 2.53 bits per heavy atom. The summed E-state index contributed by atoms with van der Waals surface area (Å²) < 4.78 is 25.0. The van der Waals surface area contributed by atoms with E-state index in [4.69, 9.17) is 23.2 Å². The van der Waals surface area contributed by atoms with E-state index in [0.29, 0.717) is 10.6 Å². The number of rotatable bonds is 2. The van der Waals surface area contributed by atoms with Crippen LogP contribution >= 0.6 is 23.2 Å². The summed E-state index contributed by atoms with van der Waals surface area (Å²) in [7, 11) is -3.81. The van der Waals surface area contributed by atoms with Crippen molar-refractivity contribution in [3.8, 4) is 0 Å². The average Bonchev–Trinajstić information content (AvgIpc) is 2.77. The van der Waals surface area contributed by atoms with Crippen LogP contribution in [0.4, 0.5) is 0 Å². The Bertz CT molecular complexity index is 653. The van der Waals surface area contributed by atoms with E-state index in [1.165, 1.54) is 12.1 Å². The van der Waals surface area contributed by atoms with Crippen molar-refractivity contribution in [3.63, 3.8) is 0 Å². The third-order valence-electron chi connectivity index (χ3n) is 2.13. The number of hydrogen-bond donors (Lipinski definition) is 0. The SMILES string of the molecule is Cc1cc(S(=O)(=O)n2cncn2)c(Cl)cc1Cl. The van der Waals surface area contributed by atoms with Gasteiger partial charge in [0.25, 0.3) is 10.0 Å². The van der Waals surface area contributed by atoms with Gasteiger partial charge < -0.3 is 0 Å². The first-order chi connectivity index (χ1) is 7.93. The lowest BCUT2D eigenvalue weighted by Gasteiger charge is -2.07. The van der Waals surface area contributed by atoms with Gasteiger partial charge in [0.05, 0.1) is 5.02 Å². The summed E-state index contributed by atoms with van der Waals surface area (Å²) in [5.74, 6) is 0. The van der Waals surface area contributed by atoms with E-state index in [9.17, 15) is 8.42 Å². The molecule has 8 heteroatoms. The van der Waals surface area contributed by atoms with E-state index >= 15 is 0 Å². The molecule has 0 unspecified atom stereocenters. The molecule has 0 saturated heterocycles. The third-order valence-corrected chi connectivity index (χ3v) is 4.54. The summed E-state index contributed by atoms with van der Waals surface area (Å²) >= 11 is 11.7. The fourth-order valence-corrected chi connectivity index (χ4v) is 3.10. The van der Waals surface area contributed by atoms with Crippen molar-refractivity contribution >= 4 is 33.2 Å². The van der Waals surface area contributed by atoms with E-state index in [1.807, 2.05) is 0 Å². The van der Waals surface area contributed by atoms with Crippen molar-refractivity contribution in [1.82, 2.24) is 14.2 Å². The number of benzene rings is 1. The van der Waals surface area contributed by atoms with Gasteiger partial charge >= 0.3 is 0 Å². The van der Waals surface area contributed by atoms with Gasteiger partial charge in [-0.25, -0.2) is 4.98 Å². The molecular weight excluding hydrogens is 285 g/mol. The second kappa shape index (κ2) is 4.29. The minimum absolute atomic E-state index is 0.0495. The van der Waals surface area contributed by atoms with Crippen LogP contribution in [-0.2, 0) is 10.0 Å². The number of halogens is 2. The van der Waals surface area contributed by atoms with Gasteiger partial charge in [-0.05, 0) is 24.6 Å². The van der Waals surface area contributed by atoms with Gasteiger partial charge in [-0.1, -0.05) is 23.2 Å². The zero-order valence-electron chi connectivity index (χ0n) is 8.63. The minimum atomic E-state index is -3.81. The topological polar surface area (TPSA) is 64.8 Å². The summed E-state index contributed by atoms with van der Waals surface area (Å²) in [6.07, 6.45) is 2.23. The Morgan fingerprint density at radius 2 is 1.94 bits per heavy atom. The molecule has 0 amide bonds. The fourth-order valence-electron chi connectivity index (χ4n) is 1.25. The second-order valence-electron chi connectivity index (χ2n) is 3.30. The predicted octanol–water partition coefficient (Wildman–Crippen LogP) is 2.13. The molecule has 0 aliphatic rings. The molecule has 0 saturated carbocycles. The Labute approximate surface area is 108 Å². The highest BCUT2D eigenvalue weighted by Gasteiger charge is 2.22. The van der Waals surface area contributed by atoms with Gasteiger partial charge in [0.1, 0.15) is 17.6 Å². The van der Waals surface area contributed by atoms with Gasteiger partial charge in [-0.3, -0.25) is 0 Å². The molecule has 0 aliphatic carbocycles. The van der Waals surface area contributed by atoms with E-state index in [1.54, 1.807) is 6.92 Å². The third kappa shape index (κ3) is 2.15. The highest BCUT2D eigenvalue weighted by atomic mass is 35.5. The van der Waals surface area contributed by atoms with Gasteiger partial charge in [0.2, 0.25) is 0 Å². The van der Waals surface area contributed by atoms with Crippen molar-refractivity contribution in [2.24, 2.45) is 0 Å².